The first-order valence-corrected chi connectivity index (χ1v) is 7.82. The Labute approximate surface area is 128 Å². The van der Waals surface area contributed by atoms with Gasteiger partial charge in [0.2, 0.25) is 0 Å². The van der Waals surface area contributed by atoms with Gasteiger partial charge in [-0.1, -0.05) is 19.8 Å². The van der Waals surface area contributed by atoms with Crippen molar-refractivity contribution in [2.75, 3.05) is 13.1 Å². The van der Waals surface area contributed by atoms with Gasteiger partial charge < -0.3 is 15.7 Å². The average molecular weight is 301 g/mol. The molecule has 0 aliphatic carbocycles. The van der Waals surface area contributed by atoms with Gasteiger partial charge >= 0.3 is 12.0 Å². The highest BCUT2D eigenvalue weighted by molar-refractivity contribution is 5.82. The van der Waals surface area contributed by atoms with E-state index in [1.807, 2.05) is 6.92 Å². The first-order valence-electron chi connectivity index (χ1n) is 7.82. The maximum atomic E-state index is 11.7. The van der Waals surface area contributed by atoms with Crippen LogP contribution in [-0.4, -0.2) is 53.2 Å². The second-order valence-corrected chi connectivity index (χ2v) is 5.86. The van der Waals surface area contributed by atoms with Gasteiger partial charge in [0.15, 0.2) is 0 Å². The first kappa shape index (κ1) is 19.7. The van der Waals surface area contributed by atoms with Crippen LogP contribution >= 0.6 is 0 Å². The molecule has 0 aromatic heterocycles. The van der Waals surface area contributed by atoms with Crippen LogP contribution in [0.1, 0.15) is 53.9 Å². The molecule has 0 spiro atoms. The number of rotatable bonds is 10. The monoisotopic (exact) mass is 301 g/mol. The van der Waals surface area contributed by atoms with E-state index in [-0.39, 0.29) is 0 Å². The lowest BCUT2D eigenvalue weighted by molar-refractivity contribution is -0.139. The summed E-state index contributed by atoms with van der Waals surface area (Å²) in [5.41, 5.74) is 0. The average Bonchev–Trinajstić information content (AvgIpc) is 2.38. The molecule has 0 heterocycles. The van der Waals surface area contributed by atoms with Crippen molar-refractivity contribution in [2.24, 2.45) is 0 Å². The Bertz CT molecular complexity index is 311. The molecule has 1 atom stereocenters. The van der Waals surface area contributed by atoms with Gasteiger partial charge in [-0.05, 0) is 34.1 Å². The third kappa shape index (κ3) is 8.55. The summed E-state index contributed by atoms with van der Waals surface area (Å²) in [6.07, 6.45) is 2.15. The van der Waals surface area contributed by atoms with Crippen molar-refractivity contribution in [3.05, 3.63) is 0 Å². The smallest absolute Gasteiger partial charge is 0.326 e. The zero-order valence-electron chi connectivity index (χ0n) is 14.0. The number of urea groups is 1. The Morgan fingerprint density at radius 2 is 1.71 bits per heavy atom. The molecule has 21 heavy (non-hydrogen) atoms. The normalized spacial score (nSPS) is 12.8. The minimum Gasteiger partial charge on any atom is -0.480 e. The highest BCUT2D eigenvalue weighted by Crippen LogP contribution is 2.03. The molecule has 0 saturated heterocycles. The molecule has 0 fully saturated rings. The van der Waals surface area contributed by atoms with Crippen LogP contribution in [-0.2, 0) is 4.79 Å². The maximum absolute atomic E-state index is 11.7. The lowest BCUT2D eigenvalue weighted by atomic mass is 10.1. The van der Waals surface area contributed by atoms with Crippen LogP contribution in [0.25, 0.3) is 0 Å². The molecule has 6 heteroatoms. The molecule has 6 nitrogen and oxygen atoms in total. The van der Waals surface area contributed by atoms with Crippen LogP contribution in [0.2, 0.25) is 0 Å². The fourth-order valence-corrected chi connectivity index (χ4v) is 2.29. The van der Waals surface area contributed by atoms with E-state index in [9.17, 15) is 9.59 Å². The van der Waals surface area contributed by atoms with Gasteiger partial charge in [0.05, 0.1) is 0 Å². The summed E-state index contributed by atoms with van der Waals surface area (Å²) < 4.78 is 0. The second kappa shape index (κ2) is 10.4. The zero-order valence-corrected chi connectivity index (χ0v) is 14.0. The lowest BCUT2D eigenvalue weighted by Crippen LogP contribution is -2.48. The third-order valence-corrected chi connectivity index (χ3v) is 3.43. The Balaban J connectivity index is 4.15. The van der Waals surface area contributed by atoms with Crippen LogP contribution in [0.4, 0.5) is 4.79 Å². The topological polar surface area (TPSA) is 81.7 Å². The molecular formula is C15H31N3O3. The molecule has 0 rings (SSSR count). The number of carbonyl (C=O) groups excluding carboxylic acids is 1. The predicted molar refractivity (Wildman–Crippen MR) is 84.5 cm³/mol. The standard InChI is InChI=1S/C15H31N3O3/c1-6-7-8-13(14(19)20)17-15(21)16-9-10-18(11(2)3)12(4)5/h11-13H,6-10H2,1-5H3,(H,19,20)(H2,16,17,21). The fourth-order valence-electron chi connectivity index (χ4n) is 2.29. The van der Waals surface area contributed by atoms with E-state index in [1.54, 1.807) is 0 Å². The van der Waals surface area contributed by atoms with Gasteiger partial charge in [-0.15, -0.1) is 0 Å². The van der Waals surface area contributed by atoms with E-state index < -0.39 is 18.0 Å². The highest BCUT2D eigenvalue weighted by atomic mass is 16.4. The Kier molecular flexibility index (Phi) is 9.78. The van der Waals surface area contributed by atoms with Crippen molar-refractivity contribution >= 4 is 12.0 Å². The van der Waals surface area contributed by atoms with Crippen molar-refractivity contribution < 1.29 is 14.7 Å². The van der Waals surface area contributed by atoms with E-state index in [0.717, 1.165) is 19.4 Å². The Hall–Kier alpha value is -1.30. The SMILES string of the molecule is CCCCC(NC(=O)NCCN(C(C)C)C(C)C)C(=O)O. The number of aliphatic carboxylic acids is 1. The molecule has 0 aromatic rings. The van der Waals surface area contributed by atoms with Crippen LogP contribution in [0.15, 0.2) is 0 Å². The molecule has 2 amide bonds. The Morgan fingerprint density at radius 3 is 2.14 bits per heavy atom. The van der Waals surface area contributed by atoms with E-state index in [2.05, 4.69) is 43.2 Å². The Morgan fingerprint density at radius 1 is 1.14 bits per heavy atom. The van der Waals surface area contributed by atoms with E-state index in [1.165, 1.54) is 0 Å². The molecular weight excluding hydrogens is 270 g/mol. The summed E-state index contributed by atoms with van der Waals surface area (Å²) in [5, 5.41) is 14.3. The molecule has 0 aliphatic heterocycles. The van der Waals surface area contributed by atoms with E-state index >= 15 is 0 Å². The number of nitrogens with one attached hydrogen (secondary N) is 2. The molecule has 0 radical (unpaired) electrons. The summed E-state index contributed by atoms with van der Waals surface area (Å²) in [6, 6.07) is -0.403. The van der Waals surface area contributed by atoms with Gasteiger partial charge in [0.1, 0.15) is 6.04 Å². The van der Waals surface area contributed by atoms with Crippen LogP contribution < -0.4 is 10.6 Å². The summed E-state index contributed by atoms with van der Waals surface area (Å²) in [5.74, 6) is -0.982. The van der Waals surface area contributed by atoms with Gasteiger partial charge in [-0.25, -0.2) is 9.59 Å². The minimum atomic E-state index is -0.982. The van der Waals surface area contributed by atoms with Gasteiger partial charge in [0, 0.05) is 25.2 Å². The largest absolute Gasteiger partial charge is 0.480 e. The summed E-state index contributed by atoms with van der Waals surface area (Å²) in [6.45, 7) is 11.7. The van der Waals surface area contributed by atoms with Gasteiger partial charge in [-0.3, -0.25) is 4.90 Å². The molecule has 0 bridgehead atoms. The number of hydrogen-bond donors (Lipinski definition) is 3. The number of unbranched alkanes of at least 4 members (excludes halogenated alkanes) is 1. The number of carboxylic acid groups (broad SMARTS) is 1. The van der Waals surface area contributed by atoms with E-state index in [0.29, 0.717) is 25.0 Å². The van der Waals surface area contributed by atoms with Gasteiger partial charge in [0.25, 0.3) is 0 Å². The molecule has 1 unspecified atom stereocenters. The third-order valence-electron chi connectivity index (χ3n) is 3.43. The highest BCUT2D eigenvalue weighted by Gasteiger charge is 2.19. The van der Waals surface area contributed by atoms with E-state index in [4.69, 9.17) is 5.11 Å². The molecule has 0 aromatic carbocycles. The molecule has 124 valence electrons. The molecule has 3 N–H and O–H groups in total. The fraction of sp³-hybridized carbons (Fsp3) is 0.867. The van der Waals surface area contributed by atoms with Crippen molar-refractivity contribution in [2.45, 2.75) is 72.0 Å². The summed E-state index contributed by atoms with van der Waals surface area (Å²) in [7, 11) is 0. The van der Waals surface area contributed by atoms with Crippen molar-refractivity contribution in [1.82, 2.24) is 15.5 Å². The molecule has 0 aliphatic rings. The van der Waals surface area contributed by atoms with Crippen LogP contribution in [0.5, 0.6) is 0 Å². The van der Waals surface area contributed by atoms with Crippen molar-refractivity contribution in [3.63, 3.8) is 0 Å². The van der Waals surface area contributed by atoms with Gasteiger partial charge in [-0.2, -0.15) is 0 Å². The second-order valence-electron chi connectivity index (χ2n) is 5.86. The number of carboxylic acids is 1. The number of nitrogens with zero attached hydrogens (tertiary/aromatic N) is 1. The predicted octanol–water partition coefficient (Wildman–Crippen LogP) is 2.05. The lowest BCUT2D eigenvalue weighted by Gasteiger charge is -2.30. The van der Waals surface area contributed by atoms with Crippen LogP contribution in [0, 0.1) is 0 Å². The number of carbonyl (C=O) groups is 2. The first-order chi connectivity index (χ1) is 9.79. The maximum Gasteiger partial charge on any atom is 0.326 e. The number of hydrogen-bond acceptors (Lipinski definition) is 3. The quantitative estimate of drug-likeness (QED) is 0.577. The zero-order chi connectivity index (χ0) is 16.4. The summed E-state index contributed by atoms with van der Waals surface area (Å²) >= 11 is 0. The number of amides is 2. The van der Waals surface area contributed by atoms with Crippen molar-refractivity contribution in [3.8, 4) is 0 Å². The molecule has 0 saturated carbocycles. The van der Waals surface area contributed by atoms with Crippen molar-refractivity contribution in [1.29, 1.82) is 0 Å². The summed E-state index contributed by atoms with van der Waals surface area (Å²) in [4.78, 5) is 25.1. The van der Waals surface area contributed by atoms with Crippen LogP contribution in [0.3, 0.4) is 0 Å². The minimum absolute atomic E-state index is 0.409.